The number of aromatic amines is 1. The molecule has 1 aromatic carbocycles. The Morgan fingerprint density at radius 2 is 2.28 bits per heavy atom. The van der Waals surface area contributed by atoms with Crippen molar-refractivity contribution < 1.29 is 4.79 Å². The van der Waals surface area contributed by atoms with Gasteiger partial charge in [0.15, 0.2) is 0 Å². The Morgan fingerprint density at radius 1 is 1.44 bits per heavy atom. The van der Waals surface area contributed by atoms with E-state index in [0.29, 0.717) is 17.9 Å². The van der Waals surface area contributed by atoms with Crippen LogP contribution in [0.4, 0.5) is 5.69 Å². The number of nitrogens with two attached hydrogens (primary N) is 1. The van der Waals surface area contributed by atoms with Gasteiger partial charge in [-0.15, -0.1) is 0 Å². The summed E-state index contributed by atoms with van der Waals surface area (Å²) in [6.07, 6.45) is 3.05. The van der Waals surface area contributed by atoms with E-state index in [1.807, 2.05) is 24.3 Å². The van der Waals surface area contributed by atoms with Crippen LogP contribution in [0.3, 0.4) is 0 Å². The molecule has 2 aromatic rings. The molecule has 0 saturated carbocycles. The predicted octanol–water partition coefficient (Wildman–Crippen LogP) is 2.23. The maximum Gasteiger partial charge on any atom is 0.267 e. The minimum atomic E-state index is -0.0640. The monoisotopic (exact) mass is 263 g/mol. The van der Waals surface area contributed by atoms with Crippen molar-refractivity contribution in [3.63, 3.8) is 0 Å². The van der Waals surface area contributed by atoms with E-state index in [1.165, 1.54) is 0 Å². The van der Waals surface area contributed by atoms with Gasteiger partial charge in [0, 0.05) is 23.1 Å². The zero-order chi connectivity index (χ0) is 13.0. The van der Waals surface area contributed by atoms with Crippen LogP contribution < -0.4 is 11.1 Å². The lowest BCUT2D eigenvalue weighted by Gasteiger charge is -2.02. The standard InChI is InChI=1S/C13H17N3OS/c1-18-6-2-5-15-13(17)12-8-9-7-10(14)3-4-11(9)16-12/h3-4,7-8,16H,2,5-6,14H2,1H3,(H,15,17). The minimum Gasteiger partial charge on any atom is -0.399 e. The fourth-order valence-corrected chi connectivity index (χ4v) is 2.22. The van der Waals surface area contributed by atoms with Gasteiger partial charge in [-0.2, -0.15) is 11.8 Å². The largest absolute Gasteiger partial charge is 0.399 e. The Morgan fingerprint density at radius 3 is 3.06 bits per heavy atom. The van der Waals surface area contributed by atoms with Gasteiger partial charge in [0.25, 0.3) is 5.91 Å². The van der Waals surface area contributed by atoms with E-state index in [-0.39, 0.29) is 5.91 Å². The highest BCUT2D eigenvalue weighted by atomic mass is 32.2. The van der Waals surface area contributed by atoms with E-state index in [9.17, 15) is 4.79 Å². The van der Waals surface area contributed by atoms with Gasteiger partial charge in [-0.05, 0) is 42.7 Å². The number of rotatable bonds is 5. The van der Waals surface area contributed by atoms with Gasteiger partial charge in [-0.3, -0.25) is 4.79 Å². The smallest absolute Gasteiger partial charge is 0.267 e. The molecule has 0 saturated heterocycles. The molecule has 0 aliphatic heterocycles. The van der Waals surface area contributed by atoms with Crippen LogP contribution in [0, 0.1) is 0 Å². The van der Waals surface area contributed by atoms with E-state index < -0.39 is 0 Å². The molecule has 0 aliphatic carbocycles. The van der Waals surface area contributed by atoms with E-state index in [0.717, 1.165) is 23.1 Å². The fourth-order valence-electron chi connectivity index (χ4n) is 1.79. The summed E-state index contributed by atoms with van der Waals surface area (Å²) in [6.45, 7) is 0.706. The van der Waals surface area contributed by atoms with Crippen LogP contribution >= 0.6 is 11.8 Å². The summed E-state index contributed by atoms with van der Waals surface area (Å²) in [5.74, 6) is 0.995. The van der Waals surface area contributed by atoms with E-state index in [2.05, 4.69) is 16.6 Å². The second kappa shape index (κ2) is 5.82. The molecule has 0 radical (unpaired) electrons. The summed E-state index contributed by atoms with van der Waals surface area (Å²) in [4.78, 5) is 15.0. The molecule has 0 atom stereocenters. The van der Waals surface area contributed by atoms with Crippen molar-refractivity contribution in [1.29, 1.82) is 0 Å². The van der Waals surface area contributed by atoms with Crippen LogP contribution in [-0.4, -0.2) is 29.4 Å². The molecular formula is C13H17N3OS. The molecule has 4 N–H and O–H groups in total. The first-order valence-electron chi connectivity index (χ1n) is 5.86. The van der Waals surface area contributed by atoms with E-state index in [1.54, 1.807) is 11.8 Å². The molecule has 96 valence electrons. The zero-order valence-corrected chi connectivity index (χ0v) is 11.1. The molecule has 1 aromatic heterocycles. The van der Waals surface area contributed by atoms with Crippen LogP contribution in [0.5, 0.6) is 0 Å². The molecule has 0 fully saturated rings. The Labute approximate surface area is 110 Å². The SMILES string of the molecule is CSCCCNC(=O)c1cc2cc(N)ccc2[nH]1. The van der Waals surface area contributed by atoms with Crippen molar-refractivity contribution in [3.8, 4) is 0 Å². The lowest BCUT2D eigenvalue weighted by molar-refractivity contribution is 0.0949. The second-order valence-corrected chi connectivity index (χ2v) is 5.12. The molecule has 0 bridgehead atoms. The Bertz CT molecular complexity index is 550. The van der Waals surface area contributed by atoms with Gasteiger partial charge in [0.2, 0.25) is 0 Å². The molecule has 4 nitrogen and oxygen atoms in total. The first-order chi connectivity index (χ1) is 8.70. The van der Waals surface area contributed by atoms with E-state index >= 15 is 0 Å². The highest BCUT2D eigenvalue weighted by Gasteiger charge is 2.08. The Kier molecular flexibility index (Phi) is 4.15. The minimum absolute atomic E-state index is 0.0640. The number of carbonyl (C=O) groups excluding carboxylic acids is 1. The average Bonchev–Trinajstić information content (AvgIpc) is 2.77. The number of fused-ring (bicyclic) bond motifs is 1. The molecule has 2 rings (SSSR count). The number of amides is 1. The van der Waals surface area contributed by atoms with Crippen molar-refractivity contribution in [1.82, 2.24) is 10.3 Å². The van der Waals surface area contributed by atoms with Crippen molar-refractivity contribution >= 4 is 34.3 Å². The van der Waals surface area contributed by atoms with Gasteiger partial charge < -0.3 is 16.0 Å². The van der Waals surface area contributed by atoms with Gasteiger partial charge in [-0.1, -0.05) is 0 Å². The lowest BCUT2D eigenvalue weighted by atomic mass is 10.2. The normalized spacial score (nSPS) is 10.7. The number of nitrogen functional groups attached to an aromatic ring is 1. The molecular weight excluding hydrogens is 246 g/mol. The molecule has 5 heteroatoms. The number of hydrogen-bond donors (Lipinski definition) is 3. The first kappa shape index (κ1) is 12.8. The molecule has 0 aliphatic rings. The third kappa shape index (κ3) is 2.98. The molecule has 18 heavy (non-hydrogen) atoms. The van der Waals surface area contributed by atoms with Crippen LogP contribution in [0.1, 0.15) is 16.9 Å². The van der Waals surface area contributed by atoms with Crippen LogP contribution in [-0.2, 0) is 0 Å². The lowest BCUT2D eigenvalue weighted by Crippen LogP contribution is -2.25. The highest BCUT2D eigenvalue weighted by Crippen LogP contribution is 2.18. The van der Waals surface area contributed by atoms with Gasteiger partial charge in [0.05, 0.1) is 0 Å². The molecule has 0 spiro atoms. The zero-order valence-electron chi connectivity index (χ0n) is 10.3. The summed E-state index contributed by atoms with van der Waals surface area (Å²) in [6, 6.07) is 7.39. The van der Waals surface area contributed by atoms with Crippen LogP contribution in [0.2, 0.25) is 0 Å². The maximum atomic E-state index is 11.9. The number of H-pyrrole nitrogens is 1. The summed E-state index contributed by atoms with van der Waals surface area (Å²) < 4.78 is 0. The van der Waals surface area contributed by atoms with Crippen molar-refractivity contribution in [3.05, 3.63) is 30.0 Å². The maximum absolute atomic E-state index is 11.9. The van der Waals surface area contributed by atoms with Crippen LogP contribution in [0.15, 0.2) is 24.3 Å². The number of carbonyl (C=O) groups is 1. The number of aromatic nitrogens is 1. The second-order valence-electron chi connectivity index (χ2n) is 4.13. The topological polar surface area (TPSA) is 70.9 Å². The third-order valence-electron chi connectivity index (χ3n) is 2.70. The highest BCUT2D eigenvalue weighted by molar-refractivity contribution is 7.98. The summed E-state index contributed by atoms with van der Waals surface area (Å²) >= 11 is 1.78. The fraction of sp³-hybridized carbons (Fsp3) is 0.308. The van der Waals surface area contributed by atoms with Crippen LogP contribution in [0.25, 0.3) is 10.9 Å². The summed E-state index contributed by atoms with van der Waals surface area (Å²) in [7, 11) is 0. The Balaban J connectivity index is 2.04. The van der Waals surface area contributed by atoms with Gasteiger partial charge in [-0.25, -0.2) is 0 Å². The number of benzene rings is 1. The van der Waals surface area contributed by atoms with Gasteiger partial charge >= 0.3 is 0 Å². The Hall–Kier alpha value is -1.62. The summed E-state index contributed by atoms with van der Waals surface area (Å²) in [5.41, 5.74) is 7.92. The van der Waals surface area contributed by atoms with Crippen molar-refractivity contribution in [2.24, 2.45) is 0 Å². The van der Waals surface area contributed by atoms with Gasteiger partial charge in [0.1, 0.15) is 5.69 Å². The number of thioether (sulfide) groups is 1. The average molecular weight is 263 g/mol. The third-order valence-corrected chi connectivity index (χ3v) is 3.40. The number of nitrogens with one attached hydrogen (secondary N) is 2. The number of hydrogen-bond acceptors (Lipinski definition) is 3. The van der Waals surface area contributed by atoms with E-state index in [4.69, 9.17) is 5.73 Å². The quantitative estimate of drug-likeness (QED) is 0.572. The number of anilines is 1. The predicted molar refractivity (Wildman–Crippen MR) is 78.0 cm³/mol. The van der Waals surface area contributed by atoms with Crippen molar-refractivity contribution in [2.75, 3.05) is 24.3 Å². The molecule has 1 heterocycles. The molecule has 0 unspecified atom stereocenters. The first-order valence-corrected chi connectivity index (χ1v) is 7.25. The molecule has 1 amide bonds. The summed E-state index contributed by atoms with van der Waals surface area (Å²) in [5, 5.41) is 3.86. The van der Waals surface area contributed by atoms with Crippen molar-refractivity contribution in [2.45, 2.75) is 6.42 Å².